The topological polar surface area (TPSA) is 56.5 Å². The Kier molecular flexibility index (Phi) is 4.90. The number of hydrogen-bond acceptors (Lipinski definition) is 4. The molecule has 0 saturated heterocycles. The molecule has 0 radical (unpaired) electrons. The third-order valence-electron chi connectivity index (χ3n) is 2.42. The number of ether oxygens (including phenoxy) is 1. The molecule has 1 aromatic heterocycles. The van der Waals surface area contributed by atoms with Crippen LogP contribution in [-0.2, 0) is 9.53 Å². The fraction of sp³-hybridized carbons (Fsp3) is 0.0667. The Bertz CT molecular complexity index is 628. The van der Waals surface area contributed by atoms with Crippen molar-refractivity contribution in [3.05, 3.63) is 64.5 Å². The van der Waals surface area contributed by atoms with Crippen molar-refractivity contribution in [3.63, 3.8) is 0 Å². The van der Waals surface area contributed by atoms with E-state index in [0.29, 0.717) is 16.0 Å². The van der Waals surface area contributed by atoms with Crippen LogP contribution in [0.4, 0.5) is 0 Å². The monoisotopic (exact) mass is 334 g/mol. The molecule has 0 saturated carbocycles. The molecule has 0 N–H and O–H groups in total. The maximum absolute atomic E-state index is 11.7. The fourth-order valence-corrected chi connectivity index (χ4v) is 1.78. The van der Waals surface area contributed by atoms with Gasteiger partial charge in [-0.1, -0.05) is 30.3 Å². The van der Waals surface area contributed by atoms with Gasteiger partial charge in [-0.2, -0.15) is 0 Å². The molecule has 0 amide bonds. The Morgan fingerprint density at radius 3 is 2.55 bits per heavy atom. The number of benzene rings is 1. The van der Waals surface area contributed by atoms with Gasteiger partial charge < -0.3 is 9.15 Å². The molecular weight excluding hydrogens is 324 g/mol. The minimum atomic E-state index is -0.596. The van der Waals surface area contributed by atoms with Crippen molar-refractivity contribution in [2.24, 2.45) is 0 Å². The van der Waals surface area contributed by atoms with Gasteiger partial charge in [0.05, 0.1) is 0 Å². The van der Waals surface area contributed by atoms with E-state index in [1.165, 1.54) is 12.2 Å². The summed E-state index contributed by atoms with van der Waals surface area (Å²) >= 11 is 3.15. The first-order valence-electron chi connectivity index (χ1n) is 5.83. The Morgan fingerprint density at radius 1 is 1.15 bits per heavy atom. The first-order chi connectivity index (χ1) is 9.65. The first-order valence-corrected chi connectivity index (χ1v) is 6.63. The number of carbonyl (C=O) groups excluding carboxylic acids is 2. The molecule has 0 bridgehead atoms. The van der Waals surface area contributed by atoms with Gasteiger partial charge in [0.2, 0.25) is 0 Å². The molecule has 0 fully saturated rings. The van der Waals surface area contributed by atoms with Gasteiger partial charge in [0.1, 0.15) is 5.76 Å². The predicted molar refractivity (Wildman–Crippen MR) is 77.2 cm³/mol. The SMILES string of the molecule is O=C(C=Cc1ccc(Br)o1)OCC(=O)c1ccccc1. The van der Waals surface area contributed by atoms with Crippen molar-refractivity contribution in [2.45, 2.75) is 0 Å². The van der Waals surface area contributed by atoms with Crippen molar-refractivity contribution < 1.29 is 18.7 Å². The molecule has 102 valence electrons. The Morgan fingerprint density at radius 2 is 1.90 bits per heavy atom. The minimum absolute atomic E-state index is 0.243. The normalized spacial score (nSPS) is 10.7. The van der Waals surface area contributed by atoms with Crippen molar-refractivity contribution in [1.82, 2.24) is 0 Å². The number of rotatable bonds is 5. The number of furan rings is 1. The second kappa shape index (κ2) is 6.86. The highest BCUT2D eigenvalue weighted by Crippen LogP contribution is 2.15. The van der Waals surface area contributed by atoms with E-state index < -0.39 is 5.97 Å². The second-order valence-corrected chi connectivity index (χ2v) is 4.65. The van der Waals surface area contributed by atoms with Crippen molar-refractivity contribution >= 4 is 33.8 Å². The van der Waals surface area contributed by atoms with Crippen LogP contribution in [0.1, 0.15) is 16.1 Å². The summed E-state index contributed by atoms with van der Waals surface area (Å²) in [5.74, 6) is -0.321. The van der Waals surface area contributed by atoms with E-state index >= 15 is 0 Å². The molecule has 0 aliphatic heterocycles. The van der Waals surface area contributed by atoms with Crippen LogP contribution in [0, 0.1) is 0 Å². The molecule has 0 spiro atoms. The van der Waals surface area contributed by atoms with E-state index in [-0.39, 0.29) is 12.4 Å². The third-order valence-corrected chi connectivity index (χ3v) is 2.85. The summed E-state index contributed by atoms with van der Waals surface area (Å²) in [5, 5.41) is 0. The number of ketones is 1. The molecule has 1 aromatic carbocycles. The lowest BCUT2D eigenvalue weighted by molar-refractivity contribution is -0.136. The average Bonchev–Trinajstić information content (AvgIpc) is 2.89. The molecule has 2 rings (SSSR count). The lowest BCUT2D eigenvalue weighted by atomic mass is 10.1. The van der Waals surface area contributed by atoms with Crippen LogP contribution in [0.3, 0.4) is 0 Å². The molecule has 0 atom stereocenters. The Hall–Kier alpha value is -2.14. The molecule has 0 aliphatic rings. The maximum atomic E-state index is 11.7. The van der Waals surface area contributed by atoms with E-state index in [1.54, 1.807) is 36.4 Å². The van der Waals surface area contributed by atoms with Gasteiger partial charge in [0.25, 0.3) is 0 Å². The zero-order chi connectivity index (χ0) is 14.4. The number of carbonyl (C=O) groups is 2. The smallest absolute Gasteiger partial charge is 0.331 e. The Labute approximate surface area is 124 Å². The highest BCUT2D eigenvalue weighted by molar-refractivity contribution is 9.10. The van der Waals surface area contributed by atoms with Crippen LogP contribution in [-0.4, -0.2) is 18.4 Å². The van der Waals surface area contributed by atoms with Gasteiger partial charge >= 0.3 is 5.97 Å². The quantitative estimate of drug-likeness (QED) is 0.477. The van der Waals surface area contributed by atoms with E-state index in [1.807, 2.05) is 6.07 Å². The molecule has 0 unspecified atom stereocenters. The molecule has 4 nitrogen and oxygen atoms in total. The van der Waals surface area contributed by atoms with Gasteiger partial charge in [-0.25, -0.2) is 4.79 Å². The lowest BCUT2D eigenvalue weighted by Crippen LogP contribution is -2.12. The zero-order valence-corrected chi connectivity index (χ0v) is 12.0. The van der Waals surface area contributed by atoms with Crippen molar-refractivity contribution in [1.29, 1.82) is 0 Å². The maximum Gasteiger partial charge on any atom is 0.331 e. The standard InChI is InChI=1S/C15H11BrO4/c16-14-8-6-12(20-14)7-9-15(18)19-10-13(17)11-4-2-1-3-5-11/h1-9H,10H2. The van der Waals surface area contributed by atoms with Crippen molar-refractivity contribution in [3.8, 4) is 0 Å². The van der Waals surface area contributed by atoms with Gasteiger partial charge in [-0.05, 0) is 34.1 Å². The van der Waals surface area contributed by atoms with Gasteiger partial charge in [0, 0.05) is 11.6 Å². The molecule has 0 aliphatic carbocycles. The summed E-state index contributed by atoms with van der Waals surface area (Å²) in [7, 11) is 0. The number of halogens is 1. The van der Waals surface area contributed by atoms with E-state index in [0.717, 1.165) is 0 Å². The number of hydrogen-bond donors (Lipinski definition) is 0. The van der Waals surface area contributed by atoms with E-state index in [9.17, 15) is 9.59 Å². The Balaban J connectivity index is 1.83. The first kappa shape index (κ1) is 14.3. The van der Waals surface area contributed by atoms with Gasteiger partial charge in [0.15, 0.2) is 17.1 Å². The predicted octanol–water partition coefficient (Wildman–Crippen LogP) is 3.48. The molecular formula is C15H11BrO4. The van der Waals surface area contributed by atoms with Crippen LogP contribution >= 0.6 is 15.9 Å². The van der Waals surface area contributed by atoms with Gasteiger partial charge in [-0.15, -0.1) is 0 Å². The van der Waals surface area contributed by atoms with Crippen LogP contribution in [0.2, 0.25) is 0 Å². The summed E-state index contributed by atoms with van der Waals surface area (Å²) in [4.78, 5) is 23.1. The van der Waals surface area contributed by atoms with Crippen molar-refractivity contribution in [2.75, 3.05) is 6.61 Å². The fourth-order valence-electron chi connectivity index (χ4n) is 1.46. The summed E-state index contributed by atoms with van der Waals surface area (Å²) in [6.45, 7) is -0.283. The van der Waals surface area contributed by atoms with E-state index in [2.05, 4.69) is 15.9 Å². The second-order valence-electron chi connectivity index (χ2n) is 3.87. The highest BCUT2D eigenvalue weighted by Gasteiger charge is 2.07. The summed E-state index contributed by atoms with van der Waals surface area (Å²) in [6.07, 6.45) is 2.68. The zero-order valence-electron chi connectivity index (χ0n) is 10.4. The van der Waals surface area contributed by atoms with Crippen LogP contribution in [0.5, 0.6) is 0 Å². The molecule has 5 heteroatoms. The minimum Gasteiger partial charge on any atom is -0.454 e. The molecule has 20 heavy (non-hydrogen) atoms. The molecule has 2 aromatic rings. The largest absolute Gasteiger partial charge is 0.454 e. The number of Topliss-reactive ketones (excluding diaryl/α,β-unsaturated/α-hetero) is 1. The van der Waals surface area contributed by atoms with Crippen LogP contribution in [0.25, 0.3) is 6.08 Å². The van der Waals surface area contributed by atoms with Gasteiger partial charge in [-0.3, -0.25) is 4.79 Å². The molecule has 1 heterocycles. The van der Waals surface area contributed by atoms with Crippen LogP contribution < -0.4 is 0 Å². The lowest BCUT2D eigenvalue weighted by Gasteiger charge is -2.01. The summed E-state index contributed by atoms with van der Waals surface area (Å²) in [6, 6.07) is 12.1. The third kappa shape index (κ3) is 4.20. The van der Waals surface area contributed by atoms with Crippen LogP contribution in [0.15, 0.2) is 57.6 Å². The summed E-state index contributed by atoms with van der Waals surface area (Å²) in [5.41, 5.74) is 0.513. The average molecular weight is 335 g/mol. The van der Waals surface area contributed by atoms with E-state index in [4.69, 9.17) is 9.15 Å². The number of esters is 1. The summed E-state index contributed by atoms with van der Waals surface area (Å²) < 4.78 is 10.6. The highest BCUT2D eigenvalue weighted by atomic mass is 79.9.